The molecular formula is C20H19ClN2OS. The fourth-order valence-corrected chi connectivity index (χ4v) is 3.74. The first kappa shape index (κ1) is 17.6. The number of thiazole rings is 1. The third-order valence-electron chi connectivity index (χ3n) is 4.14. The Morgan fingerprint density at radius 3 is 2.56 bits per heavy atom. The second kappa shape index (κ2) is 8.28. The van der Waals surface area contributed by atoms with Gasteiger partial charge in [0.25, 0.3) is 0 Å². The van der Waals surface area contributed by atoms with Crippen molar-refractivity contribution in [2.24, 2.45) is 0 Å². The summed E-state index contributed by atoms with van der Waals surface area (Å²) in [4.78, 5) is 18.8. The lowest BCUT2D eigenvalue weighted by molar-refractivity contribution is -0.130. The van der Waals surface area contributed by atoms with Crippen LogP contribution in [0.25, 0.3) is 0 Å². The number of halogens is 1. The molecule has 1 aromatic heterocycles. The van der Waals surface area contributed by atoms with Gasteiger partial charge in [-0.3, -0.25) is 4.79 Å². The molecule has 1 atom stereocenters. The third-order valence-corrected chi connectivity index (χ3v) is 5.25. The van der Waals surface area contributed by atoms with Crippen molar-refractivity contribution in [3.63, 3.8) is 0 Å². The van der Waals surface area contributed by atoms with Crippen molar-refractivity contribution in [1.82, 2.24) is 9.88 Å². The lowest BCUT2D eigenvalue weighted by Crippen LogP contribution is -2.27. The van der Waals surface area contributed by atoms with Gasteiger partial charge < -0.3 is 4.90 Å². The molecule has 0 bridgehead atoms. The van der Waals surface area contributed by atoms with Crippen LogP contribution in [0.15, 0.2) is 66.2 Å². The monoisotopic (exact) mass is 370 g/mol. The molecule has 0 saturated carbocycles. The maximum absolute atomic E-state index is 12.8. The zero-order valence-electron chi connectivity index (χ0n) is 13.9. The van der Waals surface area contributed by atoms with Crippen molar-refractivity contribution in [2.75, 3.05) is 7.05 Å². The highest BCUT2D eigenvalue weighted by Gasteiger charge is 2.22. The van der Waals surface area contributed by atoms with Crippen LogP contribution in [0.5, 0.6) is 0 Å². The molecule has 0 fully saturated rings. The smallest absolute Gasteiger partial charge is 0.223 e. The fraction of sp³-hybridized carbons (Fsp3) is 0.200. The van der Waals surface area contributed by atoms with Crippen LogP contribution in [0, 0.1) is 0 Å². The third kappa shape index (κ3) is 4.47. The van der Waals surface area contributed by atoms with Crippen molar-refractivity contribution in [1.29, 1.82) is 0 Å². The second-order valence-electron chi connectivity index (χ2n) is 5.86. The summed E-state index contributed by atoms with van der Waals surface area (Å²) in [6, 6.07) is 17.8. The van der Waals surface area contributed by atoms with Gasteiger partial charge in [-0.05, 0) is 17.2 Å². The van der Waals surface area contributed by atoms with Gasteiger partial charge in [-0.2, -0.15) is 0 Å². The van der Waals surface area contributed by atoms with Crippen LogP contribution in [0.4, 0.5) is 0 Å². The highest BCUT2D eigenvalue weighted by Crippen LogP contribution is 2.33. The fourth-order valence-electron chi connectivity index (χ4n) is 2.80. The maximum atomic E-state index is 12.8. The first-order valence-electron chi connectivity index (χ1n) is 8.07. The SMILES string of the molecule is CN(Cc1nccs1)C(=O)C[C@H](c1ccccc1)c1ccccc1Cl. The molecule has 1 amide bonds. The molecule has 0 unspecified atom stereocenters. The quantitative estimate of drug-likeness (QED) is 0.613. The van der Waals surface area contributed by atoms with Gasteiger partial charge in [-0.15, -0.1) is 11.3 Å². The van der Waals surface area contributed by atoms with Crippen LogP contribution in [0.2, 0.25) is 5.02 Å². The summed E-state index contributed by atoms with van der Waals surface area (Å²) in [6.45, 7) is 0.528. The molecule has 3 nitrogen and oxygen atoms in total. The van der Waals surface area contributed by atoms with Crippen LogP contribution in [0.3, 0.4) is 0 Å². The number of nitrogens with zero attached hydrogens (tertiary/aromatic N) is 2. The summed E-state index contributed by atoms with van der Waals surface area (Å²) in [5, 5.41) is 3.54. The first-order valence-corrected chi connectivity index (χ1v) is 9.32. The van der Waals surface area contributed by atoms with E-state index in [-0.39, 0.29) is 11.8 Å². The van der Waals surface area contributed by atoms with Crippen LogP contribution in [0.1, 0.15) is 28.5 Å². The predicted molar refractivity (Wildman–Crippen MR) is 103 cm³/mol. The molecule has 0 saturated heterocycles. The van der Waals surface area contributed by atoms with Crippen LogP contribution < -0.4 is 0 Å². The molecule has 0 radical (unpaired) electrons. The van der Waals surface area contributed by atoms with E-state index in [9.17, 15) is 4.79 Å². The highest BCUT2D eigenvalue weighted by molar-refractivity contribution is 7.09. The van der Waals surface area contributed by atoms with Crippen LogP contribution >= 0.6 is 22.9 Å². The molecule has 2 aromatic carbocycles. The first-order chi connectivity index (χ1) is 12.1. The molecule has 128 valence electrons. The molecule has 0 spiro atoms. The number of aromatic nitrogens is 1. The van der Waals surface area contributed by atoms with Gasteiger partial charge in [0.2, 0.25) is 5.91 Å². The van der Waals surface area contributed by atoms with Crippen molar-refractivity contribution in [3.8, 4) is 0 Å². The molecule has 3 aromatic rings. The molecule has 0 aliphatic carbocycles. The number of hydrogen-bond acceptors (Lipinski definition) is 3. The van der Waals surface area contributed by atoms with Crippen molar-refractivity contribution in [2.45, 2.75) is 18.9 Å². The van der Waals surface area contributed by atoms with Gasteiger partial charge >= 0.3 is 0 Å². The molecular weight excluding hydrogens is 352 g/mol. The van der Waals surface area contributed by atoms with E-state index in [2.05, 4.69) is 4.98 Å². The summed E-state index contributed by atoms with van der Waals surface area (Å²) in [5.74, 6) is 0.00474. The summed E-state index contributed by atoms with van der Waals surface area (Å²) >= 11 is 7.97. The number of carbonyl (C=O) groups excluding carboxylic acids is 1. The summed E-state index contributed by atoms with van der Waals surface area (Å²) in [7, 11) is 1.82. The number of benzene rings is 2. The van der Waals surface area contributed by atoms with E-state index in [1.165, 1.54) is 0 Å². The number of amides is 1. The molecule has 1 heterocycles. The van der Waals surface area contributed by atoms with Crippen molar-refractivity contribution < 1.29 is 4.79 Å². The Kier molecular flexibility index (Phi) is 5.84. The Labute approximate surface area is 156 Å². The Morgan fingerprint density at radius 2 is 1.88 bits per heavy atom. The molecule has 5 heteroatoms. The minimum atomic E-state index is -0.0684. The van der Waals surface area contributed by atoms with Gasteiger partial charge in [0.1, 0.15) is 5.01 Å². The lowest BCUT2D eigenvalue weighted by Gasteiger charge is -2.22. The second-order valence-corrected chi connectivity index (χ2v) is 7.25. The zero-order chi connectivity index (χ0) is 17.6. The van der Waals surface area contributed by atoms with Crippen molar-refractivity contribution >= 4 is 28.8 Å². The number of hydrogen-bond donors (Lipinski definition) is 0. The Hall–Kier alpha value is -2.17. The Bertz CT molecular complexity index is 821. The van der Waals surface area contributed by atoms with Crippen molar-refractivity contribution in [3.05, 3.63) is 87.3 Å². The topological polar surface area (TPSA) is 33.2 Å². The molecule has 25 heavy (non-hydrogen) atoms. The van der Waals surface area contributed by atoms with Gasteiger partial charge in [-0.25, -0.2) is 4.98 Å². The van der Waals surface area contributed by atoms with E-state index in [4.69, 9.17) is 11.6 Å². The molecule has 0 aliphatic rings. The zero-order valence-corrected chi connectivity index (χ0v) is 15.5. The van der Waals surface area contributed by atoms with Gasteiger partial charge in [0, 0.05) is 36.0 Å². The van der Waals surface area contributed by atoms with Gasteiger partial charge in [-0.1, -0.05) is 60.1 Å². The lowest BCUT2D eigenvalue weighted by atomic mass is 9.88. The van der Waals surface area contributed by atoms with E-state index in [1.54, 1.807) is 22.4 Å². The summed E-state index contributed by atoms with van der Waals surface area (Å²) in [6.07, 6.45) is 2.13. The molecule has 3 rings (SSSR count). The van der Waals surface area contributed by atoms with E-state index >= 15 is 0 Å². The summed E-state index contributed by atoms with van der Waals surface area (Å²) in [5.41, 5.74) is 2.07. The largest absolute Gasteiger partial charge is 0.339 e. The molecule has 0 N–H and O–H groups in total. The van der Waals surface area contributed by atoms with Gasteiger partial charge in [0.05, 0.1) is 6.54 Å². The van der Waals surface area contributed by atoms with Crippen LogP contribution in [-0.4, -0.2) is 22.8 Å². The molecule has 0 aliphatic heterocycles. The Morgan fingerprint density at radius 1 is 1.16 bits per heavy atom. The average molecular weight is 371 g/mol. The Balaban J connectivity index is 1.83. The minimum absolute atomic E-state index is 0.0684. The summed E-state index contributed by atoms with van der Waals surface area (Å²) < 4.78 is 0. The van der Waals surface area contributed by atoms with E-state index in [0.29, 0.717) is 18.0 Å². The highest BCUT2D eigenvalue weighted by atomic mass is 35.5. The predicted octanol–water partition coefficient (Wildman–Crippen LogP) is 4.98. The maximum Gasteiger partial charge on any atom is 0.223 e. The standard InChI is InChI=1S/C20H19ClN2OS/c1-23(14-19-22-11-12-25-19)20(24)13-17(15-7-3-2-4-8-15)16-9-5-6-10-18(16)21/h2-12,17H,13-14H2,1H3/t17-/m1/s1. The van der Waals surface area contributed by atoms with E-state index in [1.807, 2.05) is 67.0 Å². The normalized spacial score (nSPS) is 11.9. The van der Waals surface area contributed by atoms with Gasteiger partial charge in [0.15, 0.2) is 0 Å². The van der Waals surface area contributed by atoms with E-state index < -0.39 is 0 Å². The average Bonchev–Trinajstić information content (AvgIpc) is 3.14. The number of carbonyl (C=O) groups is 1. The number of rotatable bonds is 6. The van der Waals surface area contributed by atoms with Crippen LogP contribution in [-0.2, 0) is 11.3 Å². The van der Waals surface area contributed by atoms with E-state index in [0.717, 1.165) is 16.1 Å². The minimum Gasteiger partial charge on any atom is -0.339 e.